The molecule has 6 heteroatoms. The monoisotopic (exact) mass is 300 g/mol. The van der Waals surface area contributed by atoms with Gasteiger partial charge in [-0.2, -0.15) is 0 Å². The van der Waals surface area contributed by atoms with Gasteiger partial charge in [0.25, 0.3) is 0 Å². The highest BCUT2D eigenvalue weighted by atomic mass is 32.2. The Morgan fingerprint density at radius 2 is 2.05 bits per heavy atom. The summed E-state index contributed by atoms with van der Waals surface area (Å²) in [5.74, 6) is -0.732. The number of aryl methyl sites for hydroxylation is 1. The fourth-order valence-corrected chi connectivity index (χ4v) is 4.23. The number of rotatable bonds is 3. The van der Waals surface area contributed by atoms with Gasteiger partial charge in [0.15, 0.2) is 0 Å². The van der Waals surface area contributed by atoms with Gasteiger partial charge >= 0.3 is 0 Å². The highest BCUT2D eigenvalue weighted by Gasteiger charge is 2.34. The second-order valence-corrected chi connectivity index (χ2v) is 8.06. The van der Waals surface area contributed by atoms with Gasteiger partial charge in [-0.25, -0.2) is 17.5 Å². The Hall–Kier alpha value is -1.14. The van der Waals surface area contributed by atoms with Crippen molar-refractivity contribution in [3.8, 4) is 0 Å². The van der Waals surface area contributed by atoms with Gasteiger partial charge in [-0.05, 0) is 49.3 Å². The Kier molecular flexibility index (Phi) is 3.81. The molecule has 1 aliphatic carbocycles. The topological polar surface area (TPSA) is 72.2 Å². The molecule has 0 aromatic heterocycles. The SMILES string of the molecule is Cc1cc(N)cc(S(=O)(=O)NC2CCC(C)(C)C2)c1F. The molecule has 0 bridgehead atoms. The molecule has 0 aliphatic heterocycles. The van der Waals surface area contributed by atoms with E-state index in [1.807, 2.05) is 0 Å². The number of nitrogens with one attached hydrogen (secondary N) is 1. The molecule has 0 radical (unpaired) electrons. The van der Waals surface area contributed by atoms with Gasteiger partial charge in [0.1, 0.15) is 10.7 Å². The zero-order chi connectivity index (χ0) is 15.1. The molecule has 4 nitrogen and oxygen atoms in total. The number of nitrogens with two attached hydrogens (primary N) is 1. The summed E-state index contributed by atoms with van der Waals surface area (Å²) < 4.78 is 41.3. The molecule has 1 saturated carbocycles. The van der Waals surface area contributed by atoms with Crippen LogP contribution in [-0.2, 0) is 10.0 Å². The molecular weight excluding hydrogens is 279 g/mol. The maximum absolute atomic E-state index is 14.0. The molecule has 1 fully saturated rings. The third-order valence-corrected chi connectivity index (χ3v) is 5.34. The largest absolute Gasteiger partial charge is 0.399 e. The molecule has 112 valence electrons. The first-order valence-corrected chi connectivity index (χ1v) is 8.17. The highest BCUT2D eigenvalue weighted by molar-refractivity contribution is 7.89. The Morgan fingerprint density at radius 1 is 1.40 bits per heavy atom. The van der Waals surface area contributed by atoms with E-state index in [0.29, 0.717) is 0 Å². The van der Waals surface area contributed by atoms with Gasteiger partial charge in [-0.3, -0.25) is 0 Å². The first kappa shape index (κ1) is 15.3. The zero-order valence-electron chi connectivity index (χ0n) is 12.0. The van der Waals surface area contributed by atoms with Crippen molar-refractivity contribution in [3.05, 3.63) is 23.5 Å². The summed E-state index contributed by atoms with van der Waals surface area (Å²) in [6.07, 6.45) is 2.49. The molecule has 1 aromatic carbocycles. The van der Waals surface area contributed by atoms with Crippen molar-refractivity contribution in [2.45, 2.75) is 51.0 Å². The Morgan fingerprint density at radius 3 is 2.60 bits per heavy atom. The number of halogens is 1. The summed E-state index contributed by atoms with van der Waals surface area (Å²) in [6.45, 7) is 5.71. The molecule has 2 rings (SSSR count). The average molecular weight is 300 g/mol. The van der Waals surface area contributed by atoms with Crippen molar-refractivity contribution in [3.63, 3.8) is 0 Å². The minimum Gasteiger partial charge on any atom is -0.399 e. The summed E-state index contributed by atoms with van der Waals surface area (Å²) in [5.41, 5.74) is 6.22. The fourth-order valence-electron chi connectivity index (χ4n) is 2.78. The minimum atomic E-state index is -3.87. The summed E-state index contributed by atoms with van der Waals surface area (Å²) in [6, 6.07) is 2.45. The molecule has 0 spiro atoms. The van der Waals surface area contributed by atoms with E-state index in [1.165, 1.54) is 19.1 Å². The second kappa shape index (κ2) is 5.00. The maximum Gasteiger partial charge on any atom is 0.243 e. The van der Waals surface area contributed by atoms with E-state index in [1.54, 1.807) is 0 Å². The lowest BCUT2D eigenvalue weighted by Crippen LogP contribution is -2.34. The minimum absolute atomic E-state index is 0.122. The van der Waals surface area contributed by atoms with Gasteiger partial charge in [0, 0.05) is 11.7 Å². The normalized spacial score (nSPS) is 22.1. The van der Waals surface area contributed by atoms with Crippen LogP contribution in [0.2, 0.25) is 0 Å². The van der Waals surface area contributed by atoms with Gasteiger partial charge in [-0.1, -0.05) is 13.8 Å². The van der Waals surface area contributed by atoms with Crippen LogP contribution in [0.25, 0.3) is 0 Å². The summed E-state index contributed by atoms with van der Waals surface area (Å²) in [7, 11) is -3.87. The Balaban J connectivity index is 2.28. The molecule has 1 unspecified atom stereocenters. The first-order valence-electron chi connectivity index (χ1n) is 6.69. The molecule has 1 atom stereocenters. The number of hydrogen-bond donors (Lipinski definition) is 2. The molecule has 20 heavy (non-hydrogen) atoms. The maximum atomic E-state index is 14.0. The molecule has 0 saturated heterocycles. The van der Waals surface area contributed by atoms with E-state index in [9.17, 15) is 12.8 Å². The molecule has 0 heterocycles. The second-order valence-electron chi connectivity index (χ2n) is 6.38. The van der Waals surface area contributed by atoms with E-state index in [2.05, 4.69) is 18.6 Å². The lowest BCUT2D eigenvalue weighted by Gasteiger charge is -2.18. The molecular formula is C14H21FN2O2S. The van der Waals surface area contributed by atoms with Crippen LogP contribution in [0.1, 0.15) is 38.7 Å². The lowest BCUT2D eigenvalue weighted by atomic mass is 9.92. The van der Waals surface area contributed by atoms with E-state index in [4.69, 9.17) is 5.73 Å². The van der Waals surface area contributed by atoms with Crippen molar-refractivity contribution in [2.75, 3.05) is 5.73 Å². The van der Waals surface area contributed by atoms with Crippen LogP contribution in [0.4, 0.5) is 10.1 Å². The number of sulfonamides is 1. The van der Waals surface area contributed by atoms with Gasteiger partial charge in [0.2, 0.25) is 10.0 Å². The zero-order valence-corrected chi connectivity index (χ0v) is 12.8. The van der Waals surface area contributed by atoms with Crippen molar-refractivity contribution in [1.29, 1.82) is 0 Å². The fraction of sp³-hybridized carbons (Fsp3) is 0.571. The number of hydrogen-bond acceptors (Lipinski definition) is 3. The van der Waals surface area contributed by atoms with Crippen LogP contribution in [0, 0.1) is 18.2 Å². The van der Waals surface area contributed by atoms with Crippen LogP contribution in [0.15, 0.2) is 17.0 Å². The predicted molar refractivity (Wildman–Crippen MR) is 77.3 cm³/mol. The van der Waals surface area contributed by atoms with Crippen molar-refractivity contribution >= 4 is 15.7 Å². The predicted octanol–water partition coefficient (Wildman–Crippen LogP) is 2.57. The smallest absolute Gasteiger partial charge is 0.243 e. The molecule has 1 aromatic rings. The van der Waals surface area contributed by atoms with Gasteiger partial charge in [0.05, 0.1) is 0 Å². The van der Waals surface area contributed by atoms with Crippen molar-refractivity contribution < 1.29 is 12.8 Å². The van der Waals surface area contributed by atoms with Gasteiger partial charge in [-0.15, -0.1) is 0 Å². The van der Waals surface area contributed by atoms with E-state index < -0.39 is 15.8 Å². The standard InChI is InChI=1S/C14H21FN2O2S/c1-9-6-10(16)7-12(13(9)15)20(18,19)17-11-4-5-14(2,3)8-11/h6-7,11,17H,4-5,8,16H2,1-3H3. The average Bonchev–Trinajstić information content (AvgIpc) is 2.62. The molecule has 3 N–H and O–H groups in total. The molecule has 1 aliphatic rings. The van der Waals surface area contributed by atoms with Crippen LogP contribution < -0.4 is 10.5 Å². The van der Waals surface area contributed by atoms with Crippen molar-refractivity contribution in [1.82, 2.24) is 4.72 Å². The van der Waals surface area contributed by atoms with Crippen molar-refractivity contribution in [2.24, 2.45) is 5.41 Å². The Labute approximate surface area is 119 Å². The van der Waals surface area contributed by atoms with E-state index >= 15 is 0 Å². The van der Waals surface area contributed by atoms with E-state index in [-0.39, 0.29) is 27.6 Å². The lowest BCUT2D eigenvalue weighted by molar-refractivity contribution is 0.372. The molecule has 0 amide bonds. The third-order valence-electron chi connectivity index (χ3n) is 3.82. The van der Waals surface area contributed by atoms with Crippen LogP contribution >= 0.6 is 0 Å². The van der Waals surface area contributed by atoms with Crippen LogP contribution in [-0.4, -0.2) is 14.5 Å². The quantitative estimate of drug-likeness (QED) is 0.843. The first-order chi connectivity index (χ1) is 9.11. The van der Waals surface area contributed by atoms with E-state index in [0.717, 1.165) is 19.3 Å². The summed E-state index contributed by atoms with van der Waals surface area (Å²) in [5, 5.41) is 0. The summed E-state index contributed by atoms with van der Waals surface area (Å²) in [4.78, 5) is -0.361. The van der Waals surface area contributed by atoms with Gasteiger partial charge < -0.3 is 5.73 Å². The summed E-state index contributed by atoms with van der Waals surface area (Å²) >= 11 is 0. The number of benzene rings is 1. The third kappa shape index (κ3) is 3.12. The number of nitrogen functional groups attached to an aromatic ring is 1. The van der Waals surface area contributed by atoms with Crippen LogP contribution in [0.3, 0.4) is 0 Å². The number of anilines is 1. The highest BCUT2D eigenvalue weighted by Crippen LogP contribution is 2.37. The Bertz CT molecular complexity index is 626. The van der Waals surface area contributed by atoms with Crippen LogP contribution in [0.5, 0.6) is 0 Å².